The van der Waals surface area contributed by atoms with Crippen molar-refractivity contribution in [2.45, 2.75) is 90.4 Å². The molecule has 176 valence electrons. The molecule has 0 aromatic heterocycles. The van der Waals surface area contributed by atoms with Crippen molar-refractivity contribution in [1.82, 2.24) is 0 Å². The Morgan fingerprint density at radius 1 is 0.710 bits per heavy atom. The number of esters is 2. The molecule has 1 aromatic rings. The minimum absolute atomic E-state index is 0.0725. The molecule has 0 spiro atoms. The standard InChI is InChI=1S/C25H39ClO5/c1-2-3-4-9-14-19-30-24(27)17-10-7-5-6-8-11-18-25(28)31-21-20-29-23-16-13-12-15-22(23)26/h12-13,15-16H,2-11,14,17-21H2,1H3. The smallest absolute Gasteiger partial charge is 0.305 e. The van der Waals surface area contributed by atoms with Crippen molar-refractivity contribution in [3.05, 3.63) is 29.3 Å². The molecule has 1 rings (SSSR count). The number of unbranched alkanes of at least 4 members (excludes halogenated alkanes) is 9. The second kappa shape index (κ2) is 19.0. The number of hydrogen-bond acceptors (Lipinski definition) is 5. The molecule has 0 fully saturated rings. The van der Waals surface area contributed by atoms with Crippen LogP contribution in [0.15, 0.2) is 24.3 Å². The Kier molecular flexibility index (Phi) is 16.7. The third-order valence-corrected chi connectivity index (χ3v) is 5.28. The summed E-state index contributed by atoms with van der Waals surface area (Å²) in [6.45, 7) is 3.26. The average molecular weight is 455 g/mol. The third-order valence-electron chi connectivity index (χ3n) is 4.96. The zero-order chi connectivity index (χ0) is 22.6. The topological polar surface area (TPSA) is 61.8 Å². The van der Waals surface area contributed by atoms with E-state index in [0.29, 0.717) is 30.2 Å². The van der Waals surface area contributed by atoms with Gasteiger partial charge in [0, 0.05) is 12.8 Å². The van der Waals surface area contributed by atoms with E-state index in [-0.39, 0.29) is 25.2 Å². The lowest BCUT2D eigenvalue weighted by atomic mass is 10.1. The van der Waals surface area contributed by atoms with E-state index in [2.05, 4.69) is 6.92 Å². The number of carbonyl (C=O) groups is 2. The molecule has 0 radical (unpaired) electrons. The second-order valence-corrected chi connectivity index (χ2v) is 8.16. The van der Waals surface area contributed by atoms with Crippen molar-refractivity contribution < 1.29 is 23.8 Å². The van der Waals surface area contributed by atoms with Crippen LogP contribution < -0.4 is 4.74 Å². The Morgan fingerprint density at radius 3 is 1.90 bits per heavy atom. The van der Waals surface area contributed by atoms with Gasteiger partial charge in [-0.05, 0) is 31.4 Å². The van der Waals surface area contributed by atoms with Crippen molar-refractivity contribution in [3.63, 3.8) is 0 Å². The highest BCUT2D eigenvalue weighted by atomic mass is 35.5. The largest absolute Gasteiger partial charge is 0.488 e. The summed E-state index contributed by atoms with van der Waals surface area (Å²) in [6.07, 6.45) is 12.6. The molecule has 0 heterocycles. The van der Waals surface area contributed by atoms with E-state index in [1.807, 2.05) is 12.1 Å². The van der Waals surface area contributed by atoms with Gasteiger partial charge in [-0.15, -0.1) is 0 Å². The Morgan fingerprint density at radius 2 is 1.26 bits per heavy atom. The highest BCUT2D eigenvalue weighted by Crippen LogP contribution is 2.22. The van der Waals surface area contributed by atoms with Gasteiger partial charge < -0.3 is 14.2 Å². The third kappa shape index (κ3) is 15.7. The summed E-state index contributed by atoms with van der Waals surface area (Å²) in [5.74, 6) is 0.327. The number of rotatable bonds is 19. The van der Waals surface area contributed by atoms with E-state index in [9.17, 15) is 9.59 Å². The van der Waals surface area contributed by atoms with Gasteiger partial charge in [0.1, 0.15) is 19.0 Å². The maximum Gasteiger partial charge on any atom is 0.305 e. The SMILES string of the molecule is CCCCCCCOC(=O)CCCCCCCCC(=O)OCCOc1ccccc1Cl. The van der Waals surface area contributed by atoms with Gasteiger partial charge in [0.25, 0.3) is 0 Å². The molecule has 0 N–H and O–H groups in total. The van der Waals surface area contributed by atoms with Crippen LogP contribution in [0.5, 0.6) is 5.75 Å². The molecule has 0 saturated heterocycles. The normalized spacial score (nSPS) is 10.6. The van der Waals surface area contributed by atoms with Gasteiger partial charge >= 0.3 is 11.9 Å². The van der Waals surface area contributed by atoms with Crippen LogP contribution in [0.25, 0.3) is 0 Å². The quantitative estimate of drug-likeness (QED) is 0.168. The van der Waals surface area contributed by atoms with Crippen LogP contribution >= 0.6 is 11.6 Å². The van der Waals surface area contributed by atoms with Gasteiger partial charge in [-0.2, -0.15) is 0 Å². The molecule has 0 bridgehead atoms. The first-order valence-corrected chi connectivity index (χ1v) is 12.2. The molecule has 31 heavy (non-hydrogen) atoms. The van der Waals surface area contributed by atoms with Gasteiger partial charge in [-0.3, -0.25) is 9.59 Å². The fraction of sp³-hybridized carbons (Fsp3) is 0.680. The predicted octanol–water partition coefficient (Wildman–Crippen LogP) is 6.90. The molecule has 0 amide bonds. The molecule has 1 aromatic carbocycles. The van der Waals surface area contributed by atoms with Gasteiger partial charge in [0.2, 0.25) is 0 Å². The first-order valence-electron chi connectivity index (χ1n) is 11.8. The van der Waals surface area contributed by atoms with Gasteiger partial charge in [0.15, 0.2) is 0 Å². The molecule has 5 nitrogen and oxygen atoms in total. The molecular formula is C25H39ClO5. The maximum atomic E-state index is 11.7. The van der Waals surface area contributed by atoms with Crippen LogP contribution in [0.4, 0.5) is 0 Å². The lowest BCUT2D eigenvalue weighted by Crippen LogP contribution is -2.12. The summed E-state index contributed by atoms with van der Waals surface area (Å²) in [5.41, 5.74) is 0. The Balaban J connectivity index is 1.85. The molecule has 0 atom stereocenters. The highest BCUT2D eigenvalue weighted by molar-refractivity contribution is 6.32. The van der Waals surface area contributed by atoms with Crippen LogP contribution in [0, 0.1) is 0 Å². The summed E-state index contributed by atoms with van der Waals surface area (Å²) < 4.78 is 15.9. The first kappa shape index (κ1) is 27.3. The van der Waals surface area contributed by atoms with Crippen molar-refractivity contribution in [1.29, 1.82) is 0 Å². The van der Waals surface area contributed by atoms with E-state index in [1.54, 1.807) is 12.1 Å². The maximum absolute atomic E-state index is 11.7. The number of halogens is 1. The van der Waals surface area contributed by atoms with Crippen LogP contribution in [0.1, 0.15) is 90.4 Å². The van der Waals surface area contributed by atoms with Crippen molar-refractivity contribution >= 4 is 23.5 Å². The average Bonchev–Trinajstić information content (AvgIpc) is 2.76. The van der Waals surface area contributed by atoms with Gasteiger partial charge in [0.05, 0.1) is 11.6 Å². The molecule has 6 heteroatoms. The van der Waals surface area contributed by atoms with Crippen LogP contribution in [-0.2, 0) is 19.1 Å². The van der Waals surface area contributed by atoms with E-state index in [0.717, 1.165) is 51.4 Å². The van der Waals surface area contributed by atoms with Crippen LogP contribution in [0.3, 0.4) is 0 Å². The van der Waals surface area contributed by atoms with Crippen molar-refractivity contribution in [3.8, 4) is 5.75 Å². The Bertz CT molecular complexity index is 605. The number of ether oxygens (including phenoxy) is 3. The summed E-state index contributed by atoms with van der Waals surface area (Å²) in [4.78, 5) is 23.4. The van der Waals surface area contributed by atoms with E-state index >= 15 is 0 Å². The van der Waals surface area contributed by atoms with Gasteiger partial charge in [-0.25, -0.2) is 0 Å². The van der Waals surface area contributed by atoms with Gasteiger partial charge in [-0.1, -0.05) is 82.0 Å². The fourth-order valence-electron chi connectivity index (χ4n) is 3.15. The molecule has 0 saturated carbocycles. The minimum Gasteiger partial charge on any atom is -0.488 e. The minimum atomic E-state index is -0.194. The zero-order valence-corrected chi connectivity index (χ0v) is 19.8. The number of para-hydroxylation sites is 1. The van der Waals surface area contributed by atoms with Crippen molar-refractivity contribution in [2.24, 2.45) is 0 Å². The Hall–Kier alpha value is -1.75. The van der Waals surface area contributed by atoms with Crippen LogP contribution in [-0.4, -0.2) is 31.8 Å². The summed E-state index contributed by atoms with van der Waals surface area (Å²) in [5, 5.41) is 0.545. The molecule has 0 aliphatic carbocycles. The summed E-state index contributed by atoms with van der Waals surface area (Å²) in [6, 6.07) is 7.21. The van der Waals surface area contributed by atoms with E-state index < -0.39 is 0 Å². The fourth-order valence-corrected chi connectivity index (χ4v) is 3.34. The first-order chi connectivity index (χ1) is 15.1. The van der Waals surface area contributed by atoms with Crippen molar-refractivity contribution in [2.75, 3.05) is 19.8 Å². The number of hydrogen-bond donors (Lipinski definition) is 0. The summed E-state index contributed by atoms with van der Waals surface area (Å²) in [7, 11) is 0. The van der Waals surface area contributed by atoms with E-state index in [1.165, 1.54) is 19.3 Å². The molecular weight excluding hydrogens is 416 g/mol. The second-order valence-electron chi connectivity index (χ2n) is 7.76. The number of benzene rings is 1. The lowest BCUT2D eigenvalue weighted by molar-refractivity contribution is -0.145. The summed E-state index contributed by atoms with van der Waals surface area (Å²) >= 11 is 5.99. The van der Waals surface area contributed by atoms with Crippen LogP contribution in [0.2, 0.25) is 5.02 Å². The highest BCUT2D eigenvalue weighted by Gasteiger charge is 2.05. The molecule has 0 aliphatic heterocycles. The monoisotopic (exact) mass is 454 g/mol. The zero-order valence-electron chi connectivity index (χ0n) is 19.0. The molecule has 0 unspecified atom stereocenters. The lowest BCUT2D eigenvalue weighted by Gasteiger charge is -2.08. The molecule has 0 aliphatic rings. The van der Waals surface area contributed by atoms with E-state index in [4.69, 9.17) is 25.8 Å². The number of carbonyl (C=O) groups excluding carboxylic acids is 2. The Labute approximate surface area is 192 Å². The predicted molar refractivity (Wildman–Crippen MR) is 125 cm³/mol.